The van der Waals surface area contributed by atoms with Crippen molar-refractivity contribution in [1.82, 2.24) is 0 Å². The van der Waals surface area contributed by atoms with Gasteiger partial charge < -0.3 is 15.3 Å². The summed E-state index contributed by atoms with van der Waals surface area (Å²) in [5.41, 5.74) is -2.00. The Kier molecular flexibility index (Phi) is 4.18. The Labute approximate surface area is 113 Å². The van der Waals surface area contributed by atoms with Gasteiger partial charge in [-0.15, -0.1) is 0 Å². The van der Waals surface area contributed by atoms with Crippen molar-refractivity contribution >= 4 is 5.78 Å². The zero-order valence-electron chi connectivity index (χ0n) is 11.6. The molecule has 0 fully saturated rings. The van der Waals surface area contributed by atoms with Gasteiger partial charge in [-0.05, 0) is 45.4 Å². The maximum absolute atomic E-state index is 12.0. The molecule has 1 aromatic carbocycles. The third-order valence-electron chi connectivity index (χ3n) is 2.80. The molecule has 104 valence electrons. The first-order chi connectivity index (χ1) is 8.54. The molecular formula is C15H20O4. The molecule has 3 N–H and O–H groups in total. The molecule has 0 amide bonds. The van der Waals surface area contributed by atoms with Gasteiger partial charge in [0.15, 0.2) is 11.4 Å². The Morgan fingerprint density at radius 1 is 1.21 bits per heavy atom. The van der Waals surface area contributed by atoms with Crippen LogP contribution in [-0.2, 0) is 10.4 Å². The van der Waals surface area contributed by atoms with E-state index in [1.165, 1.54) is 39.0 Å². The number of hydrogen-bond donors (Lipinski definition) is 3. The highest BCUT2D eigenvalue weighted by molar-refractivity contribution is 5.97. The average molecular weight is 264 g/mol. The van der Waals surface area contributed by atoms with Gasteiger partial charge in [0, 0.05) is 5.56 Å². The molecule has 0 aliphatic carbocycles. The molecule has 1 rings (SSSR count). The van der Waals surface area contributed by atoms with Crippen LogP contribution in [0.5, 0.6) is 5.75 Å². The zero-order valence-corrected chi connectivity index (χ0v) is 11.6. The molecule has 0 heterocycles. The molecule has 19 heavy (non-hydrogen) atoms. The van der Waals surface area contributed by atoms with Crippen molar-refractivity contribution in [1.29, 1.82) is 0 Å². The van der Waals surface area contributed by atoms with Crippen LogP contribution >= 0.6 is 0 Å². The first kappa shape index (κ1) is 15.4. The van der Waals surface area contributed by atoms with E-state index >= 15 is 0 Å². The van der Waals surface area contributed by atoms with Gasteiger partial charge in [-0.3, -0.25) is 4.79 Å². The fraction of sp³-hybridized carbons (Fsp3) is 0.400. The fourth-order valence-electron chi connectivity index (χ4n) is 1.63. The number of hydrogen-bond acceptors (Lipinski definition) is 4. The third-order valence-corrected chi connectivity index (χ3v) is 2.80. The molecule has 4 heteroatoms. The molecule has 0 aromatic heterocycles. The minimum atomic E-state index is -1.83. The van der Waals surface area contributed by atoms with Crippen LogP contribution in [0.1, 0.15) is 31.9 Å². The molecule has 0 bridgehead atoms. The van der Waals surface area contributed by atoms with Crippen LogP contribution in [0.4, 0.5) is 0 Å². The predicted molar refractivity (Wildman–Crippen MR) is 72.9 cm³/mol. The summed E-state index contributed by atoms with van der Waals surface area (Å²) in [6.07, 6.45) is 2.42. The molecule has 0 saturated carbocycles. The van der Waals surface area contributed by atoms with Gasteiger partial charge in [-0.2, -0.15) is 0 Å². The van der Waals surface area contributed by atoms with Crippen molar-refractivity contribution < 1.29 is 20.1 Å². The Bertz CT molecular complexity index is 507. The van der Waals surface area contributed by atoms with Crippen molar-refractivity contribution in [3.05, 3.63) is 41.5 Å². The van der Waals surface area contributed by atoms with Crippen LogP contribution in [-0.4, -0.2) is 26.7 Å². The third kappa shape index (κ3) is 3.91. The van der Waals surface area contributed by atoms with Crippen molar-refractivity contribution in [2.24, 2.45) is 0 Å². The molecule has 1 aromatic rings. The van der Waals surface area contributed by atoms with Gasteiger partial charge in [0.25, 0.3) is 0 Å². The second kappa shape index (κ2) is 5.15. The Hall–Kier alpha value is -1.65. The summed E-state index contributed by atoms with van der Waals surface area (Å²) in [6, 6.07) is 4.70. The van der Waals surface area contributed by atoms with E-state index in [0.717, 1.165) is 11.6 Å². The van der Waals surface area contributed by atoms with Crippen molar-refractivity contribution in [3.8, 4) is 5.75 Å². The average Bonchev–Trinajstić information content (AvgIpc) is 2.24. The molecule has 0 aliphatic heterocycles. The first-order valence-corrected chi connectivity index (χ1v) is 6.02. The van der Waals surface area contributed by atoms with Crippen molar-refractivity contribution in [3.63, 3.8) is 0 Å². The summed E-state index contributed by atoms with van der Waals surface area (Å²) in [7, 11) is 0. The van der Waals surface area contributed by atoms with Gasteiger partial charge in [-0.1, -0.05) is 18.2 Å². The van der Waals surface area contributed by atoms with Crippen LogP contribution in [0.3, 0.4) is 0 Å². The van der Waals surface area contributed by atoms with Crippen molar-refractivity contribution in [2.45, 2.75) is 38.9 Å². The summed E-state index contributed by atoms with van der Waals surface area (Å²) >= 11 is 0. The van der Waals surface area contributed by atoms with Crippen LogP contribution < -0.4 is 0 Å². The highest BCUT2D eigenvalue weighted by atomic mass is 16.3. The lowest BCUT2D eigenvalue weighted by atomic mass is 9.89. The maximum Gasteiger partial charge on any atom is 0.191 e. The Morgan fingerprint density at radius 2 is 1.79 bits per heavy atom. The van der Waals surface area contributed by atoms with Crippen LogP contribution in [0.2, 0.25) is 0 Å². The van der Waals surface area contributed by atoms with Crippen LogP contribution in [0.15, 0.2) is 30.4 Å². The number of rotatable bonds is 4. The lowest BCUT2D eigenvalue weighted by Gasteiger charge is -2.22. The van der Waals surface area contributed by atoms with E-state index in [1.807, 2.05) is 0 Å². The number of aromatic hydroxyl groups is 1. The topological polar surface area (TPSA) is 77.8 Å². The monoisotopic (exact) mass is 264 g/mol. The summed E-state index contributed by atoms with van der Waals surface area (Å²) in [4.78, 5) is 12.0. The normalized spacial score (nSPS) is 15.5. The highest BCUT2D eigenvalue weighted by Gasteiger charge is 2.33. The molecular weight excluding hydrogens is 244 g/mol. The van der Waals surface area contributed by atoms with Gasteiger partial charge in [0.2, 0.25) is 0 Å². The summed E-state index contributed by atoms with van der Waals surface area (Å²) in [6.45, 7) is 6.16. The van der Waals surface area contributed by atoms with E-state index < -0.39 is 17.0 Å². The summed E-state index contributed by atoms with van der Waals surface area (Å²) in [5, 5.41) is 29.6. The largest absolute Gasteiger partial charge is 0.508 e. The van der Waals surface area contributed by atoms with Crippen LogP contribution in [0.25, 0.3) is 0 Å². The molecule has 0 aliphatic rings. The molecule has 1 atom stereocenters. The van der Waals surface area contributed by atoms with E-state index in [-0.39, 0.29) is 11.3 Å². The standard InChI is InChI=1S/C15H20O4/c1-10-5-6-11(12(16)9-10)15(4,19)13(17)7-8-14(2,3)18/h5-9,16,18-19H,1-4H3/b8-7+/t15-/m0/s1. The minimum Gasteiger partial charge on any atom is -0.508 e. The van der Waals surface area contributed by atoms with E-state index in [9.17, 15) is 20.1 Å². The second-order valence-electron chi connectivity index (χ2n) is 5.44. The molecule has 0 radical (unpaired) electrons. The Morgan fingerprint density at radius 3 is 2.26 bits per heavy atom. The van der Waals surface area contributed by atoms with E-state index in [4.69, 9.17) is 0 Å². The predicted octanol–water partition coefficient (Wildman–Crippen LogP) is 1.80. The van der Waals surface area contributed by atoms with E-state index in [1.54, 1.807) is 13.0 Å². The number of ketones is 1. The van der Waals surface area contributed by atoms with Gasteiger partial charge in [0.05, 0.1) is 5.60 Å². The number of aryl methyl sites for hydroxylation is 1. The highest BCUT2D eigenvalue weighted by Crippen LogP contribution is 2.31. The minimum absolute atomic E-state index is 0.130. The summed E-state index contributed by atoms with van der Waals surface area (Å²) in [5.74, 6) is -0.733. The fourth-order valence-corrected chi connectivity index (χ4v) is 1.63. The van der Waals surface area contributed by atoms with Gasteiger partial charge >= 0.3 is 0 Å². The lowest BCUT2D eigenvalue weighted by molar-refractivity contribution is -0.131. The smallest absolute Gasteiger partial charge is 0.191 e. The number of carbonyl (C=O) groups is 1. The second-order valence-corrected chi connectivity index (χ2v) is 5.44. The van der Waals surface area contributed by atoms with E-state index in [0.29, 0.717) is 0 Å². The number of benzene rings is 1. The quantitative estimate of drug-likeness (QED) is 0.725. The number of phenols is 1. The molecule has 0 saturated heterocycles. The van der Waals surface area contributed by atoms with Crippen LogP contribution in [0, 0.1) is 6.92 Å². The number of carbonyl (C=O) groups excluding carboxylic acids is 1. The number of phenolic OH excluding ortho intramolecular Hbond substituents is 1. The van der Waals surface area contributed by atoms with Gasteiger partial charge in [-0.25, -0.2) is 0 Å². The first-order valence-electron chi connectivity index (χ1n) is 6.02. The lowest BCUT2D eigenvalue weighted by Crippen LogP contribution is -2.31. The Balaban J connectivity index is 3.10. The molecule has 4 nitrogen and oxygen atoms in total. The van der Waals surface area contributed by atoms with Crippen molar-refractivity contribution in [2.75, 3.05) is 0 Å². The zero-order chi connectivity index (χ0) is 14.8. The SMILES string of the molecule is Cc1ccc([C@](C)(O)C(=O)/C=C/C(C)(C)O)c(O)c1. The molecule has 0 unspecified atom stereocenters. The summed E-state index contributed by atoms with van der Waals surface area (Å²) < 4.78 is 0. The van der Waals surface area contributed by atoms with E-state index in [2.05, 4.69) is 0 Å². The number of aliphatic hydroxyl groups is 2. The molecule has 0 spiro atoms. The maximum atomic E-state index is 12.0. The van der Waals surface area contributed by atoms with Gasteiger partial charge in [0.1, 0.15) is 5.75 Å².